The van der Waals surface area contributed by atoms with Crippen LogP contribution in [0.5, 0.6) is 5.75 Å². The molecule has 0 saturated heterocycles. The second kappa shape index (κ2) is 4.73. The molecule has 3 rings (SSSR count). The van der Waals surface area contributed by atoms with Crippen molar-refractivity contribution < 1.29 is 4.74 Å². The van der Waals surface area contributed by atoms with Crippen molar-refractivity contribution in [1.82, 2.24) is 0 Å². The first-order chi connectivity index (χ1) is 9.31. The van der Waals surface area contributed by atoms with Gasteiger partial charge in [0.15, 0.2) is 5.43 Å². The molecular formula is C17H14O2. The summed E-state index contributed by atoms with van der Waals surface area (Å²) in [5, 5.41) is 3.26. The van der Waals surface area contributed by atoms with Crippen molar-refractivity contribution >= 4 is 21.5 Å². The highest BCUT2D eigenvalue weighted by molar-refractivity contribution is 5.95. The normalized spacial score (nSPS) is 10.8. The molecule has 0 atom stereocenters. The fraction of sp³-hybridized carbons (Fsp3) is 0.118. The molecule has 2 nitrogen and oxygen atoms in total. The van der Waals surface area contributed by atoms with E-state index in [1.165, 1.54) is 0 Å². The monoisotopic (exact) mass is 250 g/mol. The van der Waals surface area contributed by atoms with Gasteiger partial charge in [-0.15, -0.1) is 0 Å². The molecule has 0 aliphatic carbocycles. The van der Waals surface area contributed by atoms with Gasteiger partial charge in [0.25, 0.3) is 0 Å². The van der Waals surface area contributed by atoms with Gasteiger partial charge in [-0.1, -0.05) is 42.5 Å². The Morgan fingerprint density at radius 3 is 2.47 bits per heavy atom. The van der Waals surface area contributed by atoms with E-state index >= 15 is 0 Å². The first-order valence-electron chi connectivity index (χ1n) is 6.39. The van der Waals surface area contributed by atoms with E-state index in [4.69, 9.17) is 4.74 Å². The lowest BCUT2D eigenvalue weighted by Crippen LogP contribution is -1.99. The molecule has 0 N–H and O–H groups in total. The highest BCUT2D eigenvalue weighted by Gasteiger charge is 2.05. The molecule has 0 unspecified atom stereocenters. The molecule has 2 heteroatoms. The van der Waals surface area contributed by atoms with Crippen molar-refractivity contribution in [3.63, 3.8) is 0 Å². The van der Waals surface area contributed by atoms with Crippen LogP contribution in [0.4, 0.5) is 0 Å². The van der Waals surface area contributed by atoms with E-state index in [0.717, 1.165) is 21.9 Å². The van der Waals surface area contributed by atoms with Crippen molar-refractivity contribution in [2.45, 2.75) is 6.92 Å². The summed E-state index contributed by atoms with van der Waals surface area (Å²) >= 11 is 0. The van der Waals surface area contributed by atoms with Crippen LogP contribution in [0.2, 0.25) is 0 Å². The molecule has 0 aliphatic rings. The smallest absolute Gasteiger partial charge is 0.194 e. The highest BCUT2D eigenvalue weighted by Crippen LogP contribution is 2.24. The molecule has 0 amide bonds. The predicted octanol–water partition coefficient (Wildman–Crippen LogP) is 3.75. The molecule has 0 saturated carbocycles. The Hall–Kier alpha value is -2.35. The Labute approximate surface area is 111 Å². The fourth-order valence-electron chi connectivity index (χ4n) is 2.36. The summed E-state index contributed by atoms with van der Waals surface area (Å²) in [7, 11) is 0. The van der Waals surface area contributed by atoms with Crippen molar-refractivity contribution in [3.8, 4) is 5.75 Å². The van der Waals surface area contributed by atoms with Gasteiger partial charge in [-0.05, 0) is 24.4 Å². The minimum absolute atomic E-state index is 0.0529. The van der Waals surface area contributed by atoms with Gasteiger partial charge < -0.3 is 4.74 Å². The average Bonchev–Trinajstić information content (AvgIpc) is 2.59. The minimum Gasteiger partial charge on any atom is -0.493 e. The standard InChI is InChI=1S/C17H14O2/c1-2-19-16-9-5-8-15-14(16)11-10-12-6-3-4-7-13(12)17(15)18/h3-11H,2H2,1H3. The quantitative estimate of drug-likeness (QED) is 0.692. The molecule has 3 aromatic rings. The van der Waals surface area contributed by atoms with Crippen molar-refractivity contribution in [2.75, 3.05) is 6.61 Å². The van der Waals surface area contributed by atoms with E-state index in [1.54, 1.807) is 0 Å². The first kappa shape index (κ1) is 11.7. The third kappa shape index (κ3) is 1.95. The van der Waals surface area contributed by atoms with Gasteiger partial charge in [0.05, 0.1) is 6.61 Å². The van der Waals surface area contributed by atoms with E-state index in [-0.39, 0.29) is 5.43 Å². The summed E-state index contributed by atoms with van der Waals surface area (Å²) in [5.74, 6) is 0.761. The zero-order valence-electron chi connectivity index (χ0n) is 10.7. The largest absolute Gasteiger partial charge is 0.493 e. The number of benzene rings is 2. The van der Waals surface area contributed by atoms with E-state index in [2.05, 4.69) is 0 Å². The number of fused-ring (bicyclic) bond motifs is 2. The lowest BCUT2D eigenvalue weighted by Gasteiger charge is -2.04. The molecule has 0 spiro atoms. The van der Waals surface area contributed by atoms with E-state index in [1.807, 2.05) is 61.5 Å². The molecule has 0 aromatic heterocycles. The van der Waals surface area contributed by atoms with Crippen LogP contribution in [0.3, 0.4) is 0 Å². The molecule has 0 fully saturated rings. The third-order valence-corrected chi connectivity index (χ3v) is 3.25. The summed E-state index contributed by atoms with van der Waals surface area (Å²) in [4.78, 5) is 12.6. The molecule has 0 bridgehead atoms. The van der Waals surface area contributed by atoms with Crippen molar-refractivity contribution in [3.05, 3.63) is 64.8 Å². The Bertz CT molecular complexity index is 806. The molecule has 94 valence electrons. The summed E-state index contributed by atoms with van der Waals surface area (Å²) in [6.07, 6.45) is 0. The molecule has 0 heterocycles. The zero-order valence-corrected chi connectivity index (χ0v) is 10.7. The second-order valence-corrected chi connectivity index (χ2v) is 4.40. The van der Waals surface area contributed by atoms with Crippen LogP contribution >= 0.6 is 0 Å². The average molecular weight is 250 g/mol. The fourth-order valence-corrected chi connectivity index (χ4v) is 2.36. The van der Waals surface area contributed by atoms with Gasteiger partial charge in [-0.25, -0.2) is 0 Å². The van der Waals surface area contributed by atoms with Gasteiger partial charge in [0.1, 0.15) is 5.75 Å². The van der Waals surface area contributed by atoms with Gasteiger partial charge in [0.2, 0.25) is 0 Å². The Morgan fingerprint density at radius 1 is 0.842 bits per heavy atom. The van der Waals surface area contributed by atoms with E-state index in [0.29, 0.717) is 12.0 Å². The van der Waals surface area contributed by atoms with Crippen LogP contribution in [-0.2, 0) is 0 Å². The van der Waals surface area contributed by atoms with Crippen LogP contribution in [-0.4, -0.2) is 6.61 Å². The SMILES string of the molecule is CCOc1cccc2c(=O)c3ccccc3ccc12. The van der Waals surface area contributed by atoms with Gasteiger partial charge in [0, 0.05) is 16.2 Å². The van der Waals surface area contributed by atoms with Crippen molar-refractivity contribution in [1.29, 1.82) is 0 Å². The van der Waals surface area contributed by atoms with Gasteiger partial charge in [-0.2, -0.15) is 0 Å². The maximum Gasteiger partial charge on any atom is 0.194 e. The number of rotatable bonds is 2. The van der Waals surface area contributed by atoms with Crippen LogP contribution < -0.4 is 10.2 Å². The number of ether oxygens (including phenoxy) is 1. The lowest BCUT2D eigenvalue weighted by molar-refractivity contribution is 0.344. The summed E-state index contributed by atoms with van der Waals surface area (Å²) in [6, 6.07) is 17.2. The topological polar surface area (TPSA) is 26.3 Å². The molecule has 19 heavy (non-hydrogen) atoms. The molecule has 3 aromatic carbocycles. The van der Waals surface area contributed by atoms with Crippen LogP contribution in [0.25, 0.3) is 21.5 Å². The van der Waals surface area contributed by atoms with Gasteiger partial charge >= 0.3 is 0 Å². The maximum absolute atomic E-state index is 12.6. The lowest BCUT2D eigenvalue weighted by atomic mass is 10.1. The first-order valence-corrected chi connectivity index (χ1v) is 6.39. The minimum atomic E-state index is 0.0529. The zero-order chi connectivity index (χ0) is 13.2. The van der Waals surface area contributed by atoms with Crippen LogP contribution in [0.15, 0.2) is 59.4 Å². The van der Waals surface area contributed by atoms with E-state index < -0.39 is 0 Å². The predicted molar refractivity (Wildman–Crippen MR) is 78.9 cm³/mol. The number of hydrogen-bond donors (Lipinski definition) is 0. The second-order valence-electron chi connectivity index (χ2n) is 4.40. The van der Waals surface area contributed by atoms with Crippen LogP contribution in [0, 0.1) is 0 Å². The van der Waals surface area contributed by atoms with Crippen molar-refractivity contribution in [2.24, 2.45) is 0 Å². The van der Waals surface area contributed by atoms with E-state index in [9.17, 15) is 4.79 Å². The molecular weight excluding hydrogens is 236 g/mol. The Morgan fingerprint density at radius 2 is 1.63 bits per heavy atom. The van der Waals surface area contributed by atoms with Gasteiger partial charge in [-0.3, -0.25) is 4.79 Å². The molecule has 0 aliphatic heterocycles. The third-order valence-electron chi connectivity index (χ3n) is 3.25. The summed E-state index contributed by atoms with van der Waals surface area (Å²) < 4.78 is 5.60. The maximum atomic E-state index is 12.6. The highest BCUT2D eigenvalue weighted by atomic mass is 16.5. The summed E-state index contributed by atoms with van der Waals surface area (Å²) in [5.41, 5.74) is 0.0529. The van der Waals surface area contributed by atoms with Crippen LogP contribution in [0.1, 0.15) is 6.92 Å². The Kier molecular flexibility index (Phi) is 2.92. The summed E-state index contributed by atoms with van der Waals surface area (Å²) in [6.45, 7) is 2.53. The molecule has 0 radical (unpaired) electrons. The number of hydrogen-bond acceptors (Lipinski definition) is 2. The Balaban J connectivity index is 2.51.